The Hall–Kier alpha value is -1.46. The van der Waals surface area contributed by atoms with Gasteiger partial charge in [-0.25, -0.2) is 9.59 Å². The second kappa shape index (κ2) is 5.89. The van der Waals surface area contributed by atoms with E-state index in [1.807, 2.05) is 41.5 Å². The van der Waals surface area contributed by atoms with Gasteiger partial charge in [0.15, 0.2) is 0 Å². The molecule has 1 aliphatic heterocycles. The van der Waals surface area contributed by atoms with Crippen LogP contribution in [0.4, 0.5) is 9.59 Å². The first-order valence-electron chi connectivity index (χ1n) is 7.12. The van der Waals surface area contributed by atoms with Crippen molar-refractivity contribution in [1.29, 1.82) is 0 Å². The molecule has 1 rings (SSSR count). The van der Waals surface area contributed by atoms with E-state index in [4.69, 9.17) is 0 Å². The molecule has 1 fully saturated rings. The zero-order chi connectivity index (χ0) is 15.6. The summed E-state index contributed by atoms with van der Waals surface area (Å²) in [6, 6.07) is -0.123. The van der Waals surface area contributed by atoms with E-state index in [2.05, 4.69) is 10.6 Å². The lowest BCUT2D eigenvalue weighted by Crippen LogP contribution is -2.58. The molecule has 0 aromatic rings. The van der Waals surface area contributed by atoms with E-state index in [1.165, 1.54) is 0 Å². The van der Waals surface area contributed by atoms with Crippen LogP contribution in [0.2, 0.25) is 0 Å². The second-order valence-corrected chi connectivity index (χ2v) is 7.33. The fourth-order valence-corrected chi connectivity index (χ4v) is 1.91. The molecule has 0 bridgehead atoms. The summed E-state index contributed by atoms with van der Waals surface area (Å²) in [5.41, 5.74) is -0.477. The number of carbonyl (C=O) groups is 2. The number of urea groups is 2. The Morgan fingerprint density at radius 3 is 1.15 bits per heavy atom. The average Bonchev–Trinajstić information content (AvgIpc) is 2.24. The van der Waals surface area contributed by atoms with E-state index in [9.17, 15) is 9.59 Å². The van der Waals surface area contributed by atoms with Crippen LogP contribution in [0, 0.1) is 0 Å². The quantitative estimate of drug-likeness (QED) is 0.710. The number of amides is 4. The standard InChI is InChI=1S/C14H28N4O2/c1-13(2,3)15-11(19)17-7-9-18(10-8-17)12(20)16-14(4,5)6/h7-10H2,1-6H3,(H,15,19)(H,16,20). The van der Waals surface area contributed by atoms with Gasteiger partial charge in [-0.2, -0.15) is 0 Å². The van der Waals surface area contributed by atoms with E-state index in [0.717, 1.165) is 0 Å². The lowest BCUT2D eigenvalue weighted by molar-refractivity contribution is 0.135. The van der Waals surface area contributed by atoms with Gasteiger partial charge in [0.1, 0.15) is 0 Å². The van der Waals surface area contributed by atoms with Crippen molar-refractivity contribution >= 4 is 12.1 Å². The van der Waals surface area contributed by atoms with Gasteiger partial charge in [0, 0.05) is 37.3 Å². The van der Waals surface area contributed by atoms with Gasteiger partial charge in [-0.15, -0.1) is 0 Å². The predicted molar refractivity (Wildman–Crippen MR) is 79.7 cm³/mol. The van der Waals surface area contributed by atoms with Crippen LogP contribution in [0.5, 0.6) is 0 Å². The van der Waals surface area contributed by atoms with Crippen molar-refractivity contribution in [2.45, 2.75) is 52.6 Å². The lowest BCUT2D eigenvalue weighted by Gasteiger charge is -2.37. The summed E-state index contributed by atoms with van der Waals surface area (Å²) in [7, 11) is 0. The van der Waals surface area contributed by atoms with Crippen molar-refractivity contribution in [3.05, 3.63) is 0 Å². The van der Waals surface area contributed by atoms with Crippen molar-refractivity contribution in [3.63, 3.8) is 0 Å². The Labute approximate surface area is 121 Å². The maximum atomic E-state index is 12.0. The van der Waals surface area contributed by atoms with Gasteiger partial charge in [-0.3, -0.25) is 0 Å². The van der Waals surface area contributed by atoms with Crippen LogP contribution >= 0.6 is 0 Å². The van der Waals surface area contributed by atoms with Crippen LogP contribution in [-0.4, -0.2) is 59.1 Å². The molecule has 1 heterocycles. The number of hydrogen-bond donors (Lipinski definition) is 2. The molecule has 4 amide bonds. The first kappa shape index (κ1) is 16.6. The zero-order valence-corrected chi connectivity index (χ0v) is 13.5. The highest BCUT2D eigenvalue weighted by Gasteiger charge is 2.27. The summed E-state index contributed by atoms with van der Waals surface area (Å²) in [5.74, 6) is 0. The van der Waals surface area contributed by atoms with Gasteiger partial charge in [0.05, 0.1) is 0 Å². The maximum Gasteiger partial charge on any atom is 0.317 e. The summed E-state index contributed by atoms with van der Waals surface area (Å²) in [5, 5.41) is 5.88. The molecular weight excluding hydrogens is 256 g/mol. The molecule has 0 atom stereocenters. The minimum Gasteiger partial charge on any atom is -0.333 e. The monoisotopic (exact) mass is 284 g/mol. The Morgan fingerprint density at radius 1 is 0.700 bits per heavy atom. The molecule has 1 saturated heterocycles. The fraction of sp³-hybridized carbons (Fsp3) is 0.857. The summed E-state index contributed by atoms with van der Waals surface area (Å²) in [4.78, 5) is 27.5. The van der Waals surface area contributed by atoms with Crippen molar-refractivity contribution in [2.24, 2.45) is 0 Å². The molecule has 0 aromatic carbocycles. The van der Waals surface area contributed by atoms with Crippen LogP contribution in [0.25, 0.3) is 0 Å². The van der Waals surface area contributed by atoms with E-state index in [-0.39, 0.29) is 23.1 Å². The number of nitrogens with one attached hydrogen (secondary N) is 2. The second-order valence-electron chi connectivity index (χ2n) is 7.33. The third kappa shape index (κ3) is 5.67. The number of nitrogens with zero attached hydrogens (tertiary/aromatic N) is 2. The molecule has 1 aliphatic rings. The van der Waals surface area contributed by atoms with Crippen molar-refractivity contribution in [2.75, 3.05) is 26.2 Å². The fourth-order valence-electron chi connectivity index (χ4n) is 1.91. The smallest absolute Gasteiger partial charge is 0.317 e. The molecule has 6 heteroatoms. The van der Waals surface area contributed by atoms with Crippen LogP contribution in [0.1, 0.15) is 41.5 Å². The normalized spacial score (nSPS) is 16.9. The molecule has 0 aliphatic carbocycles. The van der Waals surface area contributed by atoms with Gasteiger partial charge in [0.25, 0.3) is 0 Å². The number of carbonyl (C=O) groups excluding carboxylic acids is 2. The summed E-state index contributed by atoms with van der Waals surface area (Å²) in [6.45, 7) is 14.0. The Morgan fingerprint density at radius 2 is 0.950 bits per heavy atom. The average molecular weight is 284 g/mol. The molecule has 6 nitrogen and oxygen atoms in total. The van der Waals surface area contributed by atoms with E-state index in [1.54, 1.807) is 9.80 Å². The summed E-state index contributed by atoms with van der Waals surface area (Å²) >= 11 is 0. The van der Waals surface area contributed by atoms with E-state index >= 15 is 0 Å². The molecule has 116 valence electrons. The molecular formula is C14H28N4O2. The first-order chi connectivity index (χ1) is 8.98. The minimum absolute atomic E-state index is 0.0617. The van der Waals surface area contributed by atoms with Crippen molar-refractivity contribution in [1.82, 2.24) is 20.4 Å². The molecule has 2 N–H and O–H groups in total. The van der Waals surface area contributed by atoms with Gasteiger partial charge in [-0.1, -0.05) is 0 Å². The van der Waals surface area contributed by atoms with Gasteiger partial charge < -0.3 is 20.4 Å². The maximum absolute atomic E-state index is 12.0. The number of hydrogen-bond acceptors (Lipinski definition) is 2. The first-order valence-corrected chi connectivity index (χ1v) is 7.12. The third-order valence-electron chi connectivity index (χ3n) is 2.82. The van der Waals surface area contributed by atoms with Gasteiger partial charge >= 0.3 is 12.1 Å². The highest BCUT2D eigenvalue weighted by molar-refractivity contribution is 5.77. The van der Waals surface area contributed by atoms with Crippen molar-refractivity contribution in [3.8, 4) is 0 Å². The lowest BCUT2D eigenvalue weighted by atomic mass is 10.1. The molecule has 0 radical (unpaired) electrons. The van der Waals surface area contributed by atoms with Crippen LogP contribution < -0.4 is 10.6 Å². The number of piperazine rings is 1. The zero-order valence-electron chi connectivity index (χ0n) is 13.5. The van der Waals surface area contributed by atoms with Gasteiger partial charge in [0.2, 0.25) is 0 Å². The molecule has 0 spiro atoms. The van der Waals surface area contributed by atoms with Crippen LogP contribution in [0.3, 0.4) is 0 Å². The Kier molecular flexibility index (Phi) is 4.89. The predicted octanol–water partition coefficient (Wildman–Crippen LogP) is 1.62. The molecule has 20 heavy (non-hydrogen) atoms. The molecule has 0 aromatic heterocycles. The van der Waals surface area contributed by atoms with Crippen molar-refractivity contribution < 1.29 is 9.59 Å². The Bertz CT molecular complexity index is 324. The van der Waals surface area contributed by atoms with E-state index < -0.39 is 0 Å². The summed E-state index contributed by atoms with van der Waals surface area (Å²) < 4.78 is 0. The van der Waals surface area contributed by atoms with Crippen LogP contribution in [-0.2, 0) is 0 Å². The minimum atomic E-state index is -0.238. The third-order valence-corrected chi connectivity index (χ3v) is 2.82. The largest absolute Gasteiger partial charge is 0.333 e. The molecule has 0 unspecified atom stereocenters. The highest BCUT2D eigenvalue weighted by atomic mass is 16.2. The van der Waals surface area contributed by atoms with E-state index in [0.29, 0.717) is 26.2 Å². The van der Waals surface area contributed by atoms with Crippen LogP contribution in [0.15, 0.2) is 0 Å². The SMILES string of the molecule is CC(C)(C)NC(=O)N1CCN(C(=O)NC(C)(C)C)CC1. The van der Waals surface area contributed by atoms with Gasteiger partial charge in [-0.05, 0) is 41.5 Å². The highest BCUT2D eigenvalue weighted by Crippen LogP contribution is 2.07. The molecule has 0 saturated carbocycles. The topological polar surface area (TPSA) is 64.7 Å². The number of rotatable bonds is 0. The summed E-state index contributed by atoms with van der Waals surface area (Å²) in [6.07, 6.45) is 0. The Balaban J connectivity index is 2.44.